The molecule has 0 aliphatic carbocycles. The lowest BCUT2D eigenvalue weighted by molar-refractivity contribution is 0.290. The van der Waals surface area contributed by atoms with Gasteiger partial charge in [-0.2, -0.15) is 0 Å². The van der Waals surface area contributed by atoms with Gasteiger partial charge in [0, 0.05) is 23.7 Å². The van der Waals surface area contributed by atoms with Crippen LogP contribution in [0.1, 0.15) is 29.6 Å². The van der Waals surface area contributed by atoms with E-state index in [1.807, 2.05) is 23.7 Å². The number of nitrogens with zero attached hydrogens (tertiary/aromatic N) is 4. The van der Waals surface area contributed by atoms with Gasteiger partial charge in [-0.25, -0.2) is 4.98 Å². The van der Waals surface area contributed by atoms with Crippen LogP contribution < -0.4 is 4.74 Å². The summed E-state index contributed by atoms with van der Waals surface area (Å²) in [6.45, 7) is 4.64. The molecule has 0 saturated heterocycles. The number of benzene rings is 2. The molecule has 30 heavy (non-hydrogen) atoms. The lowest BCUT2D eigenvalue weighted by Crippen LogP contribution is -2.04. The van der Waals surface area contributed by atoms with Crippen molar-refractivity contribution in [3.05, 3.63) is 76.6 Å². The highest BCUT2D eigenvalue weighted by atomic mass is 32.2. The SMILES string of the molecule is CCc1ccc(OCc2nnc(SCc3csc(-c4cccc(C)c4)n3)n2C)cc1. The number of aryl methyl sites for hydroxylation is 2. The Morgan fingerprint density at radius 2 is 1.93 bits per heavy atom. The average Bonchev–Trinajstić information content (AvgIpc) is 3.38. The molecule has 0 atom stereocenters. The second-order valence-corrected chi connectivity index (χ2v) is 8.85. The minimum absolute atomic E-state index is 0.393. The Hall–Kier alpha value is -2.64. The number of hydrogen-bond acceptors (Lipinski definition) is 6. The Labute approximate surface area is 185 Å². The molecular formula is C23H24N4OS2. The standard InChI is InChI=1S/C23H24N4OS2/c1-4-17-8-10-20(11-9-17)28-13-21-25-26-23(27(21)3)30-15-19-14-29-22(24-19)18-7-5-6-16(2)12-18/h5-12,14H,4,13,15H2,1-3H3. The maximum atomic E-state index is 5.87. The largest absolute Gasteiger partial charge is 0.486 e. The molecule has 2 heterocycles. The Kier molecular flexibility index (Phi) is 6.50. The van der Waals surface area contributed by atoms with Crippen molar-refractivity contribution in [2.75, 3.05) is 0 Å². The maximum absolute atomic E-state index is 5.87. The summed E-state index contributed by atoms with van der Waals surface area (Å²) in [5, 5.41) is 12.6. The fraction of sp³-hybridized carbons (Fsp3) is 0.261. The number of rotatable bonds is 8. The molecule has 2 aromatic carbocycles. The lowest BCUT2D eigenvalue weighted by Gasteiger charge is -2.07. The highest BCUT2D eigenvalue weighted by Crippen LogP contribution is 2.28. The van der Waals surface area contributed by atoms with Crippen molar-refractivity contribution in [1.29, 1.82) is 0 Å². The molecule has 7 heteroatoms. The number of ether oxygens (including phenoxy) is 1. The van der Waals surface area contributed by atoms with Gasteiger partial charge in [-0.3, -0.25) is 0 Å². The molecular weight excluding hydrogens is 412 g/mol. The van der Waals surface area contributed by atoms with Gasteiger partial charge in [0.1, 0.15) is 17.4 Å². The summed E-state index contributed by atoms with van der Waals surface area (Å²) in [5.74, 6) is 2.40. The molecule has 0 unspecified atom stereocenters. The number of aromatic nitrogens is 4. The van der Waals surface area contributed by atoms with Crippen LogP contribution in [-0.4, -0.2) is 19.7 Å². The normalized spacial score (nSPS) is 11.0. The molecule has 0 spiro atoms. The molecule has 0 fully saturated rings. The van der Waals surface area contributed by atoms with Gasteiger partial charge in [0.25, 0.3) is 0 Å². The molecule has 2 aromatic heterocycles. The van der Waals surface area contributed by atoms with E-state index in [0.717, 1.165) is 39.6 Å². The van der Waals surface area contributed by atoms with Crippen LogP contribution in [0.15, 0.2) is 59.1 Å². The van der Waals surface area contributed by atoms with Crippen molar-refractivity contribution >= 4 is 23.1 Å². The van der Waals surface area contributed by atoms with Crippen LogP contribution in [0.2, 0.25) is 0 Å². The lowest BCUT2D eigenvalue weighted by atomic mass is 10.1. The quantitative estimate of drug-likeness (QED) is 0.333. The van der Waals surface area contributed by atoms with E-state index in [-0.39, 0.29) is 0 Å². The van der Waals surface area contributed by atoms with E-state index in [1.165, 1.54) is 16.7 Å². The van der Waals surface area contributed by atoms with Gasteiger partial charge in [-0.1, -0.05) is 54.6 Å². The van der Waals surface area contributed by atoms with Crippen LogP contribution in [0.4, 0.5) is 0 Å². The smallest absolute Gasteiger partial charge is 0.191 e. The van der Waals surface area contributed by atoms with Gasteiger partial charge in [0.2, 0.25) is 0 Å². The maximum Gasteiger partial charge on any atom is 0.191 e. The molecule has 0 bridgehead atoms. The van der Waals surface area contributed by atoms with Gasteiger partial charge >= 0.3 is 0 Å². The molecule has 4 rings (SSSR count). The summed E-state index contributed by atoms with van der Waals surface area (Å²) in [6, 6.07) is 16.6. The van der Waals surface area contributed by atoms with Crippen LogP contribution >= 0.6 is 23.1 Å². The molecule has 0 N–H and O–H groups in total. The molecule has 154 valence electrons. The molecule has 0 aliphatic heterocycles. The van der Waals surface area contributed by atoms with Crippen molar-refractivity contribution in [3.8, 4) is 16.3 Å². The monoisotopic (exact) mass is 436 g/mol. The van der Waals surface area contributed by atoms with Crippen molar-refractivity contribution in [3.63, 3.8) is 0 Å². The summed E-state index contributed by atoms with van der Waals surface area (Å²) in [7, 11) is 1.97. The van der Waals surface area contributed by atoms with Gasteiger partial charge in [0.05, 0.1) is 5.69 Å². The first-order chi connectivity index (χ1) is 14.6. The van der Waals surface area contributed by atoms with Crippen LogP contribution in [0.5, 0.6) is 5.75 Å². The predicted octanol–water partition coefficient (Wildman–Crippen LogP) is 5.68. The fourth-order valence-corrected chi connectivity index (χ4v) is 4.73. The predicted molar refractivity (Wildman–Crippen MR) is 123 cm³/mol. The first-order valence-electron chi connectivity index (χ1n) is 9.86. The Balaban J connectivity index is 1.35. The zero-order chi connectivity index (χ0) is 20.9. The van der Waals surface area contributed by atoms with Gasteiger partial charge in [0.15, 0.2) is 11.0 Å². The van der Waals surface area contributed by atoms with Crippen molar-refractivity contribution in [2.24, 2.45) is 7.05 Å². The first-order valence-corrected chi connectivity index (χ1v) is 11.7. The average molecular weight is 437 g/mol. The van der Waals surface area contributed by atoms with E-state index in [0.29, 0.717) is 6.61 Å². The molecule has 0 aliphatic rings. The first kappa shape index (κ1) is 20.6. The van der Waals surface area contributed by atoms with Crippen molar-refractivity contribution in [2.45, 2.75) is 37.8 Å². The zero-order valence-electron chi connectivity index (χ0n) is 17.3. The summed E-state index contributed by atoms with van der Waals surface area (Å²) in [5.41, 5.74) is 4.76. The van der Waals surface area contributed by atoms with E-state index >= 15 is 0 Å². The fourth-order valence-electron chi connectivity index (χ4n) is 2.99. The third-order valence-corrected chi connectivity index (χ3v) is 6.78. The molecule has 0 radical (unpaired) electrons. The minimum atomic E-state index is 0.393. The molecule has 0 amide bonds. The minimum Gasteiger partial charge on any atom is -0.486 e. The van der Waals surface area contributed by atoms with Gasteiger partial charge in [-0.15, -0.1) is 21.5 Å². The number of thioether (sulfide) groups is 1. The highest BCUT2D eigenvalue weighted by Gasteiger charge is 2.12. The van der Waals surface area contributed by atoms with E-state index in [2.05, 4.69) is 65.8 Å². The number of hydrogen-bond donors (Lipinski definition) is 0. The van der Waals surface area contributed by atoms with Crippen LogP contribution in [0.25, 0.3) is 10.6 Å². The molecule has 5 nitrogen and oxygen atoms in total. The second-order valence-electron chi connectivity index (χ2n) is 7.05. The Bertz CT molecular complexity index is 1120. The number of thiazole rings is 1. The second kappa shape index (κ2) is 9.45. The summed E-state index contributed by atoms with van der Waals surface area (Å²) in [6.07, 6.45) is 1.02. The van der Waals surface area contributed by atoms with E-state index in [1.54, 1.807) is 23.1 Å². The third kappa shape index (κ3) is 4.91. The van der Waals surface area contributed by atoms with Crippen LogP contribution in [-0.2, 0) is 25.8 Å². The Morgan fingerprint density at radius 1 is 1.10 bits per heavy atom. The Morgan fingerprint density at radius 3 is 2.70 bits per heavy atom. The van der Waals surface area contributed by atoms with Crippen LogP contribution in [0.3, 0.4) is 0 Å². The van der Waals surface area contributed by atoms with E-state index < -0.39 is 0 Å². The van der Waals surface area contributed by atoms with E-state index in [9.17, 15) is 0 Å². The summed E-state index contributed by atoms with van der Waals surface area (Å²) in [4.78, 5) is 4.78. The zero-order valence-corrected chi connectivity index (χ0v) is 19.0. The topological polar surface area (TPSA) is 52.8 Å². The van der Waals surface area contributed by atoms with Crippen molar-refractivity contribution < 1.29 is 4.74 Å². The van der Waals surface area contributed by atoms with Crippen LogP contribution in [0, 0.1) is 6.92 Å². The summed E-state index contributed by atoms with van der Waals surface area (Å²) < 4.78 is 7.85. The van der Waals surface area contributed by atoms with E-state index in [4.69, 9.17) is 9.72 Å². The summed E-state index contributed by atoms with van der Waals surface area (Å²) >= 11 is 3.31. The van der Waals surface area contributed by atoms with Gasteiger partial charge < -0.3 is 9.30 Å². The van der Waals surface area contributed by atoms with Gasteiger partial charge in [-0.05, 0) is 37.1 Å². The molecule has 4 aromatic rings. The highest BCUT2D eigenvalue weighted by molar-refractivity contribution is 7.98. The molecule has 0 saturated carbocycles. The van der Waals surface area contributed by atoms with Crippen molar-refractivity contribution in [1.82, 2.24) is 19.7 Å². The third-order valence-electron chi connectivity index (χ3n) is 4.79.